The van der Waals surface area contributed by atoms with E-state index in [2.05, 4.69) is 48.6 Å². The lowest BCUT2D eigenvalue weighted by Crippen LogP contribution is -2.34. The molecule has 4 nitrogen and oxygen atoms in total. The minimum absolute atomic E-state index is 0.506. The van der Waals surface area contributed by atoms with Gasteiger partial charge in [0.15, 0.2) is 0 Å². The second-order valence-electron chi connectivity index (χ2n) is 4.41. The van der Waals surface area contributed by atoms with Gasteiger partial charge >= 0.3 is 0 Å². The fourth-order valence-corrected chi connectivity index (χ4v) is 2.93. The van der Waals surface area contributed by atoms with Crippen LogP contribution >= 0.6 is 15.9 Å². The van der Waals surface area contributed by atoms with E-state index in [4.69, 9.17) is 5.73 Å². The van der Waals surface area contributed by atoms with Crippen LogP contribution in [0.3, 0.4) is 0 Å². The first kappa shape index (κ1) is 11.7. The molecule has 0 atom stereocenters. The molecule has 18 heavy (non-hydrogen) atoms. The number of nitrogens with two attached hydrogens (primary N) is 1. The molecule has 0 aliphatic carbocycles. The third kappa shape index (κ3) is 1.93. The van der Waals surface area contributed by atoms with E-state index in [1.165, 1.54) is 11.4 Å². The van der Waals surface area contributed by atoms with Crippen LogP contribution in [0.5, 0.6) is 0 Å². The van der Waals surface area contributed by atoms with E-state index in [0.29, 0.717) is 6.54 Å². The number of benzene rings is 1. The van der Waals surface area contributed by atoms with Crippen molar-refractivity contribution >= 4 is 21.6 Å². The van der Waals surface area contributed by atoms with Crippen LogP contribution in [0.25, 0.3) is 0 Å². The third-order valence-corrected chi connectivity index (χ3v) is 4.04. The van der Waals surface area contributed by atoms with Crippen LogP contribution in [0.2, 0.25) is 0 Å². The van der Waals surface area contributed by atoms with E-state index >= 15 is 0 Å². The summed E-state index contributed by atoms with van der Waals surface area (Å²) in [7, 11) is 0. The molecule has 1 aromatic heterocycles. The highest BCUT2D eigenvalue weighted by Gasteiger charge is 2.20. The standard InChI is InChI=1S/C13H15BrN4/c14-10-3-1-2-4-12(10)17-5-6-18-9-16-11(7-15)13(18)8-17/h1-4,9H,5-8,15H2. The van der Waals surface area contributed by atoms with Gasteiger partial charge in [-0.2, -0.15) is 0 Å². The number of fused-ring (bicyclic) bond motifs is 1. The average Bonchev–Trinajstić information content (AvgIpc) is 2.81. The monoisotopic (exact) mass is 306 g/mol. The Bertz CT molecular complexity index is 550. The summed E-state index contributed by atoms with van der Waals surface area (Å²) in [4.78, 5) is 6.73. The minimum atomic E-state index is 0.506. The first-order valence-electron chi connectivity index (χ1n) is 6.02. The summed E-state index contributed by atoms with van der Waals surface area (Å²) in [6.45, 7) is 3.33. The number of anilines is 1. The van der Waals surface area contributed by atoms with Crippen LogP contribution in [0, 0.1) is 0 Å². The summed E-state index contributed by atoms with van der Waals surface area (Å²) in [5, 5.41) is 0. The van der Waals surface area contributed by atoms with Crippen LogP contribution in [0.15, 0.2) is 35.1 Å². The number of imidazole rings is 1. The van der Waals surface area contributed by atoms with E-state index in [1.54, 1.807) is 0 Å². The molecule has 0 bridgehead atoms. The predicted molar refractivity (Wildman–Crippen MR) is 75.3 cm³/mol. The maximum Gasteiger partial charge on any atom is 0.0953 e. The Morgan fingerprint density at radius 2 is 2.11 bits per heavy atom. The zero-order chi connectivity index (χ0) is 12.5. The van der Waals surface area contributed by atoms with E-state index in [1.807, 2.05) is 12.4 Å². The fraction of sp³-hybridized carbons (Fsp3) is 0.308. The first-order chi connectivity index (χ1) is 8.79. The Hall–Kier alpha value is -1.33. The van der Waals surface area contributed by atoms with Gasteiger partial charge in [-0.25, -0.2) is 4.98 Å². The zero-order valence-electron chi connectivity index (χ0n) is 10.0. The molecule has 0 unspecified atom stereocenters. The summed E-state index contributed by atoms with van der Waals surface area (Å²) >= 11 is 3.61. The maximum atomic E-state index is 5.73. The van der Waals surface area contributed by atoms with Gasteiger partial charge in [-0.15, -0.1) is 0 Å². The topological polar surface area (TPSA) is 47.1 Å². The van der Waals surface area contributed by atoms with Gasteiger partial charge in [0.05, 0.1) is 29.9 Å². The van der Waals surface area contributed by atoms with Gasteiger partial charge in [-0.1, -0.05) is 12.1 Å². The molecule has 1 aliphatic rings. The van der Waals surface area contributed by atoms with E-state index in [9.17, 15) is 0 Å². The maximum absolute atomic E-state index is 5.73. The predicted octanol–water partition coefficient (Wildman–Crippen LogP) is 2.12. The van der Waals surface area contributed by atoms with Crippen molar-refractivity contribution in [1.29, 1.82) is 0 Å². The zero-order valence-corrected chi connectivity index (χ0v) is 11.6. The molecule has 0 fully saturated rings. The van der Waals surface area contributed by atoms with Crippen molar-refractivity contribution in [1.82, 2.24) is 9.55 Å². The number of hydrogen-bond donors (Lipinski definition) is 1. The van der Waals surface area contributed by atoms with Crippen molar-refractivity contribution in [2.75, 3.05) is 11.4 Å². The summed E-state index contributed by atoms with van der Waals surface area (Å²) in [6.07, 6.45) is 1.90. The molecular formula is C13H15BrN4. The lowest BCUT2D eigenvalue weighted by molar-refractivity contribution is 0.567. The van der Waals surface area contributed by atoms with E-state index < -0.39 is 0 Å². The lowest BCUT2D eigenvalue weighted by Gasteiger charge is -2.31. The molecule has 94 valence electrons. The normalized spacial score (nSPS) is 14.7. The molecule has 1 aliphatic heterocycles. The lowest BCUT2D eigenvalue weighted by atomic mass is 10.2. The first-order valence-corrected chi connectivity index (χ1v) is 6.81. The average molecular weight is 307 g/mol. The van der Waals surface area contributed by atoms with Crippen LogP contribution in [0.4, 0.5) is 5.69 Å². The highest BCUT2D eigenvalue weighted by molar-refractivity contribution is 9.10. The van der Waals surface area contributed by atoms with Gasteiger partial charge in [0.2, 0.25) is 0 Å². The molecule has 1 aromatic carbocycles. The van der Waals surface area contributed by atoms with E-state index in [-0.39, 0.29) is 0 Å². The number of aromatic nitrogens is 2. The highest BCUT2D eigenvalue weighted by atomic mass is 79.9. The van der Waals surface area contributed by atoms with Crippen molar-refractivity contribution in [2.24, 2.45) is 5.73 Å². The molecule has 0 radical (unpaired) electrons. The van der Waals surface area contributed by atoms with Crippen LogP contribution in [0.1, 0.15) is 11.4 Å². The second-order valence-corrected chi connectivity index (χ2v) is 5.26. The van der Waals surface area contributed by atoms with Gasteiger partial charge in [0.25, 0.3) is 0 Å². The number of hydrogen-bond acceptors (Lipinski definition) is 3. The minimum Gasteiger partial charge on any atom is -0.363 e. The van der Waals surface area contributed by atoms with Gasteiger partial charge in [0, 0.05) is 24.1 Å². The third-order valence-electron chi connectivity index (χ3n) is 3.37. The van der Waals surface area contributed by atoms with Crippen molar-refractivity contribution in [2.45, 2.75) is 19.6 Å². The molecular weight excluding hydrogens is 292 g/mol. The molecule has 0 saturated carbocycles. The van der Waals surface area contributed by atoms with Gasteiger partial charge in [-0.3, -0.25) is 0 Å². The summed E-state index contributed by atoms with van der Waals surface area (Å²) in [5.74, 6) is 0. The molecule has 0 saturated heterocycles. The molecule has 0 amide bonds. The second kappa shape index (κ2) is 4.74. The summed E-state index contributed by atoms with van der Waals surface area (Å²) in [5.41, 5.74) is 9.20. The molecule has 2 heterocycles. The van der Waals surface area contributed by atoms with Gasteiger partial charge in [0.1, 0.15) is 0 Å². The Morgan fingerprint density at radius 1 is 1.28 bits per heavy atom. The van der Waals surface area contributed by atoms with Gasteiger partial charge < -0.3 is 15.2 Å². The SMILES string of the molecule is NCc1ncn2c1CN(c1ccccc1Br)CC2. The van der Waals surface area contributed by atoms with Crippen LogP contribution in [-0.2, 0) is 19.6 Å². The van der Waals surface area contributed by atoms with Crippen LogP contribution < -0.4 is 10.6 Å². The molecule has 3 rings (SSSR count). The molecule has 2 N–H and O–H groups in total. The Morgan fingerprint density at radius 3 is 2.89 bits per heavy atom. The molecule has 5 heteroatoms. The number of para-hydroxylation sites is 1. The van der Waals surface area contributed by atoms with Crippen molar-refractivity contribution in [3.8, 4) is 0 Å². The van der Waals surface area contributed by atoms with Crippen LogP contribution in [-0.4, -0.2) is 16.1 Å². The molecule has 0 spiro atoms. The quantitative estimate of drug-likeness (QED) is 0.924. The molecule has 2 aromatic rings. The highest BCUT2D eigenvalue weighted by Crippen LogP contribution is 2.29. The Labute approximate surface area is 115 Å². The van der Waals surface area contributed by atoms with Crippen molar-refractivity contribution < 1.29 is 0 Å². The fourth-order valence-electron chi connectivity index (χ4n) is 2.40. The number of rotatable bonds is 2. The van der Waals surface area contributed by atoms with Crippen molar-refractivity contribution in [3.05, 3.63) is 46.5 Å². The Kier molecular flexibility index (Phi) is 3.09. The largest absolute Gasteiger partial charge is 0.363 e. The van der Waals surface area contributed by atoms with E-state index in [0.717, 1.165) is 29.8 Å². The number of nitrogens with zero attached hydrogens (tertiary/aromatic N) is 3. The Balaban J connectivity index is 1.93. The van der Waals surface area contributed by atoms with Gasteiger partial charge in [-0.05, 0) is 28.1 Å². The summed E-state index contributed by atoms with van der Waals surface area (Å²) < 4.78 is 3.34. The summed E-state index contributed by atoms with van der Waals surface area (Å²) in [6, 6.07) is 8.31. The number of halogens is 1. The van der Waals surface area contributed by atoms with Crippen molar-refractivity contribution in [3.63, 3.8) is 0 Å². The smallest absolute Gasteiger partial charge is 0.0953 e.